The third-order valence-corrected chi connectivity index (χ3v) is 7.30. The topological polar surface area (TPSA) is 91.7 Å². The first-order chi connectivity index (χ1) is 17.5. The summed E-state index contributed by atoms with van der Waals surface area (Å²) in [5.74, 6) is 1.27. The van der Waals surface area contributed by atoms with Crippen molar-refractivity contribution in [3.05, 3.63) is 41.0 Å². The number of nitrogens with zero attached hydrogens (tertiary/aromatic N) is 6. The molecule has 1 N–H and O–H groups in total. The number of piperazine rings is 1. The van der Waals surface area contributed by atoms with Gasteiger partial charge >= 0.3 is 6.09 Å². The zero-order valence-corrected chi connectivity index (χ0v) is 23.1. The van der Waals surface area contributed by atoms with Crippen LogP contribution in [0.1, 0.15) is 62.8 Å². The lowest BCUT2D eigenvalue weighted by Gasteiger charge is -2.36. The van der Waals surface area contributed by atoms with Crippen LogP contribution in [0.25, 0.3) is 27.8 Å². The first-order valence-electron chi connectivity index (χ1n) is 13.0. The van der Waals surface area contributed by atoms with E-state index in [0.717, 1.165) is 39.4 Å². The number of hydrogen-bond donors (Lipinski definition) is 1. The molecule has 196 valence electrons. The average Bonchev–Trinajstić information content (AvgIpc) is 3.46. The second-order valence-electron chi connectivity index (χ2n) is 11.3. The predicted octanol–water partition coefficient (Wildman–Crippen LogP) is 5.38. The molecule has 9 nitrogen and oxygen atoms in total. The molecule has 1 aliphatic rings. The Kier molecular flexibility index (Phi) is 6.12. The summed E-state index contributed by atoms with van der Waals surface area (Å²) in [6, 6.07) is 0. The second-order valence-corrected chi connectivity index (χ2v) is 11.3. The average molecular weight is 504 g/mol. The fourth-order valence-electron chi connectivity index (χ4n) is 5.36. The van der Waals surface area contributed by atoms with Crippen LogP contribution in [-0.2, 0) is 4.74 Å². The summed E-state index contributed by atoms with van der Waals surface area (Å²) in [6.07, 6.45) is 5.37. The normalized spacial score (nSPS) is 14.8. The fourth-order valence-corrected chi connectivity index (χ4v) is 5.36. The Morgan fingerprint density at radius 2 is 1.73 bits per heavy atom. The number of ether oxygens (including phenoxy) is 1. The van der Waals surface area contributed by atoms with E-state index in [-0.39, 0.29) is 6.09 Å². The summed E-state index contributed by atoms with van der Waals surface area (Å²) >= 11 is 0. The highest BCUT2D eigenvalue weighted by Gasteiger charge is 2.28. The molecule has 0 unspecified atom stereocenters. The quantitative estimate of drug-likeness (QED) is 0.404. The molecule has 1 saturated heterocycles. The Morgan fingerprint density at radius 3 is 2.38 bits per heavy atom. The number of aromatic nitrogens is 5. The van der Waals surface area contributed by atoms with Gasteiger partial charge in [-0.15, -0.1) is 0 Å². The first kappa shape index (κ1) is 25.0. The van der Waals surface area contributed by atoms with E-state index in [9.17, 15) is 4.79 Å². The van der Waals surface area contributed by atoms with E-state index in [2.05, 4.69) is 60.8 Å². The number of rotatable bonds is 3. The van der Waals surface area contributed by atoms with Crippen LogP contribution in [0, 0.1) is 20.8 Å². The van der Waals surface area contributed by atoms with Gasteiger partial charge in [0.2, 0.25) is 0 Å². The zero-order chi connectivity index (χ0) is 26.6. The van der Waals surface area contributed by atoms with E-state index in [1.165, 1.54) is 16.5 Å². The third kappa shape index (κ3) is 4.40. The molecule has 0 radical (unpaired) electrons. The molecule has 0 atom stereocenters. The molecule has 4 aromatic rings. The smallest absolute Gasteiger partial charge is 0.410 e. The minimum absolute atomic E-state index is 0.250. The molecule has 0 spiro atoms. The van der Waals surface area contributed by atoms with E-state index < -0.39 is 5.60 Å². The first-order valence-corrected chi connectivity index (χ1v) is 13.0. The van der Waals surface area contributed by atoms with Gasteiger partial charge in [-0.2, -0.15) is 5.10 Å². The number of hydrogen-bond acceptors (Lipinski definition) is 6. The Morgan fingerprint density at radius 1 is 1.03 bits per heavy atom. The Bertz CT molecular complexity index is 1480. The van der Waals surface area contributed by atoms with Gasteiger partial charge in [-0.1, -0.05) is 13.8 Å². The molecular formula is C28H37N7O2. The summed E-state index contributed by atoms with van der Waals surface area (Å²) in [7, 11) is 0. The molecule has 0 aromatic carbocycles. The van der Waals surface area contributed by atoms with Crippen LogP contribution in [-0.4, -0.2) is 67.3 Å². The highest BCUT2D eigenvalue weighted by molar-refractivity contribution is 5.96. The summed E-state index contributed by atoms with van der Waals surface area (Å²) in [6.45, 7) is 19.2. The lowest BCUT2D eigenvalue weighted by atomic mass is 9.92. The van der Waals surface area contributed by atoms with Gasteiger partial charge in [0.25, 0.3) is 0 Å². The number of amides is 1. The van der Waals surface area contributed by atoms with Crippen molar-refractivity contribution in [1.29, 1.82) is 0 Å². The number of fused-ring (bicyclic) bond motifs is 2. The second kappa shape index (κ2) is 9.04. The van der Waals surface area contributed by atoms with Crippen molar-refractivity contribution in [2.75, 3.05) is 31.1 Å². The van der Waals surface area contributed by atoms with E-state index in [1.54, 1.807) is 11.2 Å². The zero-order valence-electron chi connectivity index (χ0n) is 23.1. The summed E-state index contributed by atoms with van der Waals surface area (Å²) < 4.78 is 7.42. The van der Waals surface area contributed by atoms with Crippen LogP contribution >= 0.6 is 0 Å². The number of anilines is 1. The van der Waals surface area contributed by atoms with Crippen LogP contribution in [0.3, 0.4) is 0 Å². The van der Waals surface area contributed by atoms with Crippen LogP contribution < -0.4 is 4.90 Å². The standard InChI is InChI=1S/C28H37N7O2/c1-16(2)22-23-19(5)25(33-9-11-34(12-10-33)27(36)37-28(6,7)8)29-13-21(23)32-24(22)20-14-35-26(30-15-31-35)18(4)17(20)3/h13-16,32H,9-12H2,1-8H3. The van der Waals surface area contributed by atoms with Gasteiger partial charge in [-0.05, 0) is 64.2 Å². The summed E-state index contributed by atoms with van der Waals surface area (Å²) in [4.78, 5) is 29.6. The molecule has 0 aliphatic carbocycles. The van der Waals surface area contributed by atoms with Crippen LogP contribution in [0.2, 0.25) is 0 Å². The molecule has 5 heterocycles. The van der Waals surface area contributed by atoms with E-state index in [1.807, 2.05) is 31.5 Å². The number of aromatic amines is 1. The maximum absolute atomic E-state index is 12.5. The highest BCUT2D eigenvalue weighted by atomic mass is 16.6. The Hall–Kier alpha value is -3.62. The number of aryl methyl sites for hydroxylation is 2. The molecule has 1 aliphatic heterocycles. The van der Waals surface area contributed by atoms with Crippen molar-refractivity contribution in [1.82, 2.24) is 29.5 Å². The largest absolute Gasteiger partial charge is 0.444 e. The van der Waals surface area contributed by atoms with Crippen molar-refractivity contribution in [3.63, 3.8) is 0 Å². The molecule has 1 fully saturated rings. The Balaban J connectivity index is 1.52. The molecule has 37 heavy (non-hydrogen) atoms. The number of carbonyl (C=O) groups is 1. The predicted molar refractivity (Wildman–Crippen MR) is 146 cm³/mol. The van der Waals surface area contributed by atoms with Crippen LogP contribution in [0.5, 0.6) is 0 Å². The van der Waals surface area contributed by atoms with E-state index in [4.69, 9.17) is 9.72 Å². The van der Waals surface area contributed by atoms with Crippen molar-refractivity contribution < 1.29 is 9.53 Å². The van der Waals surface area contributed by atoms with Gasteiger partial charge in [0.15, 0.2) is 5.65 Å². The molecular weight excluding hydrogens is 466 g/mol. The van der Waals surface area contributed by atoms with Crippen molar-refractivity contribution in [2.24, 2.45) is 0 Å². The molecule has 4 aromatic heterocycles. The van der Waals surface area contributed by atoms with Gasteiger partial charge in [0, 0.05) is 48.9 Å². The van der Waals surface area contributed by atoms with Crippen LogP contribution in [0.4, 0.5) is 10.6 Å². The fraction of sp³-hybridized carbons (Fsp3) is 0.500. The minimum Gasteiger partial charge on any atom is -0.444 e. The SMILES string of the molecule is Cc1c(-c2[nH]c3cnc(N4CCN(C(=O)OC(C)(C)C)CC4)c(C)c3c2C(C)C)cn2ncnc2c1C. The molecule has 0 bridgehead atoms. The highest BCUT2D eigenvalue weighted by Crippen LogP contribution is 2.40. The molecule has 9 heteroatoms. The lowest BCUT2D eigenvalue weighted by Crippen LogP contribution is -2.50. The van der Waals surface area contributed by atoms with Crippen molar-refractivity contribution in [3.8, 4) is 11.3 Å². The van der Waals surface area contributed by atoms with Gasteiger partial charge in [-0.25, -0.2) is 19.3 Å². The van der Waals surface area contributed by atoms with Gasteiger partial charge in [-0.3, -0.25) is 0 Å². The van der Waals surface area contributed by atoms with E-state index >= 15 is 0 Å². The van der Waals surface area contributed by atoms with Crippen LogP contribution in [0.15, 0.2) is 18.7 Å². The van der Waals surface area contributed by atoms with Gasteiger partial charge < -0.3 is 19.5 Å². The van der Waals surface area contributed by atoms with Gasteiger partial charge in [0.05, 0.1) is 17.4 Å². The third-order valence-electron chi connectivity index (χ3n) is 7.30. The maximum Gasteiger partial charge on any atom is 0.410 e. The molecule has 1 amide bonds. The minimum atomic E-state index is -0.494. The summed E-state index contributed by atoms with van der Waals surface area (Å²) in [5.41, 5.74) is 8.42. The number of nitrogens with one attached hydrogen (secondary N) is 1. The summed E-state index contributed by atoms with van der Waals surface area (Å²) in [5, 5.41) is 5.62. The van der Waals surface area contributed by atoms with Crippen molar-refractivity contribution >= 4 is 28.5 Å². The molecule has 5 rings (SSSR count). The monoisotopic (exact) mass is 503 g/mol. The Labute approximate surface area is 217 Å². The lowest BCUT2D eigenvalue weighted by molar-refractivity contribution is 0.0240. The van der Waals surface area contributed by atoms with Crippen molar-refractivity contribution in [2.45, 2.75) is 66.9 Å². The maximum atomic E-state index is 12.5. The number of H-pyrrole nitrogens is 1. The molecule has 0 saturated carbocycles. The number of carbonyl (C=O) groups excluding carboxylic acids is 1. The van der Waals surface area contributed by atoms with E-state index in [0.29, 0.717) is 32.1 Å². The number of pyridine rings is 2. The van der Waals surface area contributed by atoms with Gasteiger partial charge in [0.1, 0.15) is 17.7 Å².